The van der Waals surface area contributed by atoms with Crippen LogP contribution in [0, 0.1) is 13.8 Å². The molecule has 3 heterocycles. The molecule has 5 rings (SSSR count). The number of benzene rings is 2. The lowest BCUT2D eigenvalue weighted by atomic mass is 10.0. The minimum absolute atomic E-state index is 0.626. The van der Waals surface area contributed by atoms with Gasteiger partial charge in [0.25, 0.3) is 0 Å². The Morgan fingerprint density at radius 1 is 0.486 bits per heavy atom. The summed E-state index contributed by atoms with van der Waals surface area (Å²) >= 11 is 31.9. The fraction of sp³-hybridized carbons (Fsp3) is 0.0714. The van der Waals surface area contributed by atoms with E-state index < -0.39 is 0 Å². The lowest BCUT2D eigenvalue weighted by molar-refractivity contribution is 1.58. The maximum absolute atomic E-state index is 6.70. The first-order chi connectivity index (χ1) is 16.8. The van der Waals surface area contributed by atoms with Gasteiger partial charge in [-0.05, 0) is 74.5 Å². The zero-order valence-corrected chi connectivity index (χ0v) is 24.1. The molecule has 35 heavy (non-hydrogen) atoms. The molecule has 7 heteroatoms. The fourth-order valence-electron chi connectivity index (χ4n) is 3.95. The Morgan fingerprint density at radius 3 is 1.17 bits per heavy atom. The second-order valence-electron chi connectivity index (χ2n) is 7.93. The van der Waals surface area contributed by atoms with Crippen LogP contribution in [-0.2, 0) is 0 Å². The lowest BCUT2D eigenvalue weighted by Gasteiger charge is -2.10. The topological polar surface area (TPSA) is 0 Å². The van der Waals surface area contributed by atoms with Crippen LogP contribution in [0.15, 0.2) is 72.8 Å². The first-order valence-corrected chi connectivity index (χ1v) is 14.7. The van der Waals surface area contributed by atoms with Crippen molar-refractivity contribution in [2.75, 3.05) is 0 Å². The third-order valence-corrected chi connectivity index (χ3v) is 9.91. The largest absolute Gasteiger partial charge is 0.141 e. The summed E-state index contributed by atoms with van der Waals surface area (Å²) in [7, 11) is 0. The van der Waals surface area contributed by atoms with E-state index in [2.05, 4.69) is 50.2 Å². The van der Waals surface area contributed by atoms with E-state index in [0.717, 1.165) is 41.1 Å². The van der Waals surface area contributed by atoms with Crippen LogP contribution in [0.4, 0.5) is 0 Å². The van der Waals surface area contributed by atoms with Crippen molar-refractivity contribution in [1.29, 1.82) is 0 Å². The van der Waals surface area contributed by atoms with Gasteiger partial charge in [-0.2, -0.15) is 0 Å². The summed E-state index contributed by atoms with van der Waals surface area (Å²) < 4.78 is 2.15. The highest BCUT2D eigenvalue weighted by Gasteiger charge is 2.19. The van der Waals surface area contributed by atoms with Gasteiger partial charge in [0.15, 0.2) is 0 Å². The third-order valence-electron chi connectivity index (χ3n) is 5.50. The summed E-state index contributed by atoms with van der Waals surface area (Å²) in [4.78, 5) is 4.69. The predicted octanol–water partition coefficient (Wildman–Crippen LogP) is 9.60. The molecule has 0 radical (unpaired) electrons. The fourth-order valence-corrected chi connectivity index (χ4v) is 8.26. The maximum Gasteiger partial charge on any atom is 0.0500 e. The molecule has 0 atom stereocenters. The maximum atomic E-state index is 6.70. The van der Waals surface area contributed by atoms with E-state index in [-0.39, 0.29) is 0 Å². The molecule has 0 nitrogen and oxygen atoms in total. The van der Waals surface area contributed by atoms with Crippen molar-refractivity contribution in [1.82, 2.24) is 0 Å². The van der Waals surface area contributed by atoms with Gasteiger partial charge in [-0.25, -0.2) is 0 Å². The lowest BCUT2D eigenvalue weighted by Crippen LogP contribution is -2.06. The Morgan fingerprint density at radius 2 is 0.857 bits per heavy atom. The molecule has 0 unspecified atom stereocenters. The summed E-state index contributed by atoms with van der Waals surface area (Å²) in [6.45, 7) is 4.20. The van der Waals surface area contributed by atoms with Gasteiger partial charge in [0.05, 0.1) is 0 Å². The van der Waals surface area contributed by atoms with E-state index in [4.69, 9.17) is 46.4 Å². The molecule has 0 amide bonds. The average molecular weight is 592 g/mol. The minimum atomic E-state index is 0.626. The van der Waals surface area contributed by atoms with Gasteiger partial charge in [-0.3, -0.25) is 0 Å². The monoisotopic (exact) mass is 590 g/mol. The summed E-state index contributed by atoms with van der Waals surface area (Å²) in [5.41, 5.74) is 3.74. The van der Waals surface area contributed by atoms with E-state index in [0.29, 0.717) is 20.1 Å². The van der Waals surface area contributed by atoms with Crippen molar-refractivity contribution in [2.45, 2.75) is 13.8 Å². The highest BCUT2D eigenvalue weighted by Crippen LogP contribution is 2.38. The molecular formula is C28H18Cl4S3. The van der Waals surface area contributed by atoms with Crippen LogP contribution in [0.25, 0.3) is 11.1 Å². The molecule has 0 saturated carbocycles. The molecule has 0 saturated heterocycles. The molecule has 176 valence electrons. The SMILES string of the molecule is Cc1ccc(/C(c2c(Cl)cccc2Cl)=c2/cc/c(=C(/c3ccc(C)s3)c3c(Cl)cccc3Cl)s2)s1. The molecule has 3 aromatic heterocycles. The predicted molar refractivity (Wildman–Crippen MR) is 158 cm³/mol. The van der Waals surface area contributed by atoms with E-state index in [1.165, 1.54) is 9.75 Å². The molecule has 2 aromatic carbocycles. The number of aryl methyl sites for hydroxylation is 2. The molecular weight excluding hydrogens is 574 g/mol. The van der Waals surface area contributed by atoms with Crippen molar-refractivity contribution >= 4 is 91.6 Å². The van der Waals surface area contributed by atoms with Crippen molar-refractivity contribution in [2.24, 2.45) is 0 Å². The average Bonchev–Trinajstić information content (AvgIpc) is 3.55. The van der Waals surface area contributed by atoms with Gasteiger partial charge in [0.2, 0.25) is 0 Å². The van der Waals surface area contributed by atoms with Crippen LogP contribution in [0.1, 0.15) is 30.6 Å². The Labute approximate surface area is 236 Å². The normalized spacial score (nSPS) is 13.2. The summed E-state index contributed by atoms with van der Waals surface area (Å²) in [6.07, 6.45) is 0. The zero-order chi connectivity index (χ0) is 24.7. The van der Waals surface area contributed by atoms with Crippen LogP contribution in [0.2, 0.25) is 20.1 Å². The highest BCUT2D eigenvalue weighted by atomic mass is 35.5. The Bertz CT molecular complexity index is 1510. The van der Waals surface area contributed by atoms with Crippen LogP contribution >= 0.6 is 80.4 Å². The standard InChI is InChI=1S/C28H18Cl4S3/c1-15-9-11-21(33-15)27(25-17(29)5-3-6-18(25)30)23-13-14-24(35-23)28(22-12-10-16(2)34-22)26-19(31)7-4-8-20(26)32/h3-14H,1-2H3/b27-23+,28-24+. The molecule has 0 aliphatic carbocycles. The van der Waals surface area contributed by atoms with Crippen molar-refractivity contribution in [3.8, 4) is 0 Å². The minimum Gasteiger partial charge on any atom is -0.141 e. The van der Waals surface area contributed by atoms with Crippen molar-refractivity contribution in [3.05, 3.63) is 133 Å². The number of hydrogen-bond acceptors (Lipinski definition) is 3. The van der Waals surface area contributed by atoms with Crippen LogP contribution in [0.3, 0.4) is 0 Å². The molecule has 0 aliphatic rings. The van der Waals surface area contributed by atoms with Crippen molar-refractivity contribution < 1.29 is 0 Å². The van der Waals surface area contributed by atoms with Crippen molar-refractivity contribution in [3.63, 3.8) is 0 Å². The van der Waals surface area contributed by atoms with Gasteiger partial charge >= 0.3 is 0 Å². The first-order valence-electron chi connectivity index (χ1n) is 10.7. The van der Waals surface area contributed by atoms with Crippen LogP contribution in [-0.4, -0.2) is 0 Å². The second kappa shape index (κ2) is 10.4. The number of thiophene rings is 3. The van der Waals surface area contributed by atoms with E-state index in [1.807, 2.05) is 36.4 Å². The third kappa shape index (κ3) is 5.01. The highest BCUT2D eigenvalue weighted by molar-refractivity contribution is 7.14. The molecule has 0 fully saturated rings. The molecule has 0 bridgehead atoms. The van der Waals surface area contributed by atoms with E-state index in [9.17, 15) is 0 Å². The van der Waals surface area contributed by atoms with Gasteiger partial charge in [-0.1, -0.05) is 58.5 Å². The van der Waals surface area contributed by atoms with Gasteiger partial charge in [0.1, 0.15) is 0 Å². The van der Waals surface area contributed by atoms with Gasteiger partial charge in [0, 0.05) is 70.9 Å². The quantitative estimate of drug-likeness (QED) is 0.195. The molecule has 0 spiro atoms. The molecule has 0 aliphatic heterocycles. The smallest absolute Gasteiger partial charge is 0.0500 e. The summed E-state index contributed by atoms with van der Waals surface area (Å²) in [6, 6.07) is 24.0. The van der Waals surface area contributed by atoms with Gasteiger partial charge in [-0.15, -0.1) is 34.0 Å². The van der Waals surface area contributed by atoms with Gasteiger partial charge < -0.3 is 0 Å². The first kappa shape index (κ1) is 25.1. The Balaban J connectivity index is 1.91. The Kier molecular flexibility index (Phi) is 7.48. The number of hydrogen-bond donors (Lipinski definition) is 0. The van der Waals surface area contributed by atoms with E-state index in [1.54, 1.807) is 34.0 Å². The molecule has 5 aromatic rings. The van der Waals surface area contributed by atoms with E-state index >= 15 is 0 Å². The van der Waals surface area contributed by atoms with Crippen LogP contribution < -0.4 is 9.06 Å². The number of rotatable bonds is 4. The Hall–Kier alpha value is -1.56. The second-order valence-corrected chi connectivity index (χ2v) is 13.2. The zero-order valence-electron chi connectivity index (χ0n) is 18.7. The molecule has 0 N–H and O–H groups in total. The van der Waals surface area contributed by atoms with Crippen LogP contribution in [0.5, 0.6) is 0 Å². The summed E-state index contributed by atoms with van der Waals surface area (Å²) in [5.74, 6) is 0. The number of halogens is 4. The summed E-state index contributed by atoms with van der Waals surface area (Å²) in [5, 5.41) is 2.50.